The van der Waals surface area contributed by atoms with E-state index in [1.807, 2.05) is 6.07 Å². The number of nitrogens with one attached hydrogen (secondary N) is 1. The lowest BCUT2D eigenvalue weighted by Crippen LogP contribution is -2.09. The molecule has 0 atom stereocenters. The third-order valence-corrected chi connectivity index (χ3v) is 3.07. The Morgan fingerprint density at radius 1 is 0.824 bits per heavy atom. The van der Waals surface area contributed by atoms with E-state index < -0.39 is 0 Å². The lowest BCUT2D eigenvalue weighted by atomic mass is 10.0. The van der Waals surface area contributed by atoms with E-state index in [0.29, 0.717) is 0 Å². The molecule has 0 aliphatic rings. The quantitative estimate of drug-likeness (QED) is 0.594. The van der Waals surface area contributed by atoms with Crippen LogP contribution in [0.4, 0.5) is 0 Å². The molecule has 1 aromatic heterocycles. The predicted octanol–water partition coefficient (Wildman–Crippen LogP) is 3.63. The van der Waals surface area contributed by atoms with Crippen LogP contribution in [0.15, 0.2) is 60.7 Å². The first-order chi connectivity index (χ1) is 8.34. The molecule has 0 bridgehead atoms. The van der Waals surface area contributed by atoms with Gasteiger partial charge in [0, 0.05) is 23.9 Å². The van der Waals surface area contributed by atoms with E-state index in [9.17, 15) is 0 Å². The van der Waals surface area contributed by atoms with Crippen molar-refractivity contribution in [3.05, 3.63) is 66.4 Å². The Hall–Kier alpha value is -2.15. The van der Waals surface area contributed by atoms with Crippen molar-refractivity contribution in [2.24, 2.45) is 0 Å². The van der Waals surface area contributed by atoms with Crippen LogP contribution in [0.1, 0.15) is 5.69 Å². The predicted molar refractivity (Wildman–Crippen MR) is 70.7 cm³/mol. The van der Waals surface area contributed by atoms with E-state index in [-0.39, 0.29) is 0 Å². The Morgan fingerprint density at radius 3 is 2.35 bits per heavy atom. The van der Waals surface area contributed by atoms with Crippen LogP contribution < -0.4 is 4.98 Å². The van der Waals surface area contributed by atoms with Crippen LogP contribution in [-0.2, 0) is 0 Å². The van der Waals surface area contributed by atoms with Crippen molar-refractivity contribution in [3.8, 4) is 11.1 Å². The Morgan fingerprint density at radius 2 is 1.53 bits per heavy atom. The summed E-state index contributed by atoms with van der Waals surface area (Å²) in [6, 6.07) is 21.1. The van der Waals surface area contributed by atoms with Crippen LogP contribution in [0.2, 0.25) is 0 Å². The summed E-state index contributed by atoms with van der Waals surface area (Å²) in [6.07, 6.45) is 0. The number of rotatable bonds is 1. The molecule has 1 N–H and O–H groups in total. The standard InChI is InChI=1S/C16H13N/c1-12-15(13-7-3-2-4-8-13)11-14-9-5-6-10-16(14)17-12/h2-11H,1H3/p+1. The first-order valence-electron chi connectivity index (χ1n) is 5.82. The molecule has 1 heterocycles. The number of hydrogen-bond acceptors (Lipinski definition) is 0. The highest BCUT2D eigenvalue weighted by atomic mass is 14.7. The van der Waals surface area contributed by atoms with Crippen molar-refractivity contribution in [3.63, 3.8) is 0 Å². The fourth-order valence-electron chi connectivity index (χ4n) is 2.19. The average Bonchev–Trinajstić information content (AvgIpc) is 2.39. The summed E-state index contributed by atoms with van der Waals surface area (Å²) in [6.45, 7) is 2.12. The molecule has 0 saturated heterocycles. The normalized spacial score (nSPS) is 10.6. The Labute approximate surface area is 101 Å². The van der Waals surface area contributed by atoms with Gasteiger partial charge < -0.3 is 0 Å². The number of H-pyrrole nitrogens is 1. The van der Waals surface area contributed by atoms with Gasteiger partial charge in [0.2, 0.25) is 5.52 Å². The van der Waals surface area contributed by atoms with Gasteiger partial charge in [-0.25, -0.2) is 4.98 Å². The molecule has 0 radical (unpaired) electrons. The first-order valence-corrected chi connectivity index (χ1v) is 5.82. The number of benzene rings is 2. The highest BCUT2D eigenvalue weighted by Gasteiger charge is 2.09. The summed E-state index contributed by atoms with van der Waals surface area (Å²) in [5.74, 6) is 0. The van der Waals surface area contributed by atoms with Crippen molar-refractivity contribution < 1.29 is 4.98 Å². The zero-order valence-electron chi connectivity index (χ0n) is 9.77. The molecule has 17 heavy (non-hydrogen) atoms. The van der Waals surface area contributed by atoms with Crippen LogP contribution in [-0.4, -0.2) is 0 Å². The summed E-state index contributed by atoms with van der Waals surface area (Å²) in [7, 11) is 0. The molecule has 2 aromatic carbocycles. The van der Waals surface area contributed by atoms with E-state index in [0.717, 1.165) is 0 Å². The summed E-state index contributed by atoms with van der Waals surface area (Å²) in [5.41, 5.74) is 4.91. The molecule has 0 saturated carbocycles. The smallest absolute Gasteiger partial charge is 0.208 e. The lowest BCUT2D eigenvalue weighted by Gasteiger charge is -2.02. The molecule has 0 fully saturated rings. The highest BCUT2D eigenvalue weighted by molar-refractivity contribution is 5.81. The molecule has 0 aliphatic heterocycles. The topological polar surface area (TPSA) is 14.1 Å². The van der Waals surface area contributed by atoms with Gasteiger partial charge in [-0.2, -0.15) is 0 Å². The Balaban J connectivity index is 2.27. The number of aryl methyl sites for hydroxylation is 1. The largest absolute Gasteiger partial charge is 0.211 e. The summed E-state index contributed by atoms with van der Waals surface area (Å²) < 4.78 is 0. The minimum atomic E-state index is 1.18. The zero-order chi connectivity index (χ0) is 11.7. The van der Waals surface area contributed by atoms with Gasteiger partial charge in [0.25, 0.3) is 0 Å². The summed E-state index contributed by atoms with van der Waals surface area (Å²) in [5, 5.41) is 1.25. The number of pyridine rings is 1. The van der Waals surface area contributed by atoms with E-state index in [1.54, 1.807) is 0 Å². The molecule has 0 unspecified atom stereocenters. The van der Waals surface area contributed by atoms with Gasteiger partial charge in [-0.05, 0) is 17.7 Å². The minimum Gasteiger partial charge on any atom is -0.208 e. The van der Waals surface area contributed by atoms with Crippen molar-refractivity contribution >= 4 is 10.9 Å². The first kappa shape index (κ1) is 10.0. The third kappa shape index (κ3) is 1.80. The monoisotopic (exact) mass is 220 g/mol. The second-order valence-corrected chi connectivity index (χ2v) is 4.26. The average molecular weight is 220 g/mol. The Kier molecular flexibility index (Phi) is 2.37. The third-order valence-electron chi connectivity index (χ3n) is 3.07. The molecule has 82 valence electrons. The van der Waals surface area contributed by atoms with E-state index in [2.05, 4.69) is 66.5 Å². The van der Waals surface area contributed by atoms with Crippen LogP contribution in [0.25, 0.3) is 22.0 Å². The Bertz CT molecular complexity index is 657. The summed E-state index contributed by atoms with van der Waals surface area (Å²) >= 11 is 0. The number of para-hydroxylation sites is 1. The lowest BCUT2D eigenvalue weighted by molar-refractivity contribution is -0.353. The number of fused-ring (bicyclic) bond motifs is 1. The molecule has 0 aliphatic carbocycles. The number of aromatic amines is 1. The van der Waals surface area contributed by atoms with E-state index in [4.69, 9.17) is 0 Å². The van der Waals surface area contributed by atoms with Gasteiger partial charge in [-0.3, -0.25) is 0 Å². The van der Waals surface area contributed by atoms with Crippen molar-refractivity contribution in [1.82, 2.24) is 0 Å². The van der Waals surface area contributed by atoms with Gasteiger partial charge in [-0.15, -0.1) is 0 Å². The zero-order valence-corrected chi connectivity index (χ0v) is 9.77. The number of aromatic nitrogens is 1. The van der Waals surface area contributed by atoms with Crippen molar-refractivity contribution in [1.29, 1.82) is 0 Å². The minimum absolute atomic E-state index is 1.18. The highest BCUT2D eigenvalue weighted by Crippen LogP contribution is 2.23. The molecule has 1 heteroatoms. The van der Waals surface area contributed by atoms with Crippen LogP contribution in [0, 0.1) is 6.92 Å². The van der Waals surface area contributed by atoms with Crippen molar-refractivity contribution in [2.75, 3.05) is 0 Å². The van der Waals surface area contributed by atoms with E-state index in [1.165, 1.54) is 27.7 Å². The summed E-state index contributed by atoms with van der Waals surface area (Å²) in [4.78, 5) is 3.46. The van der Waals surface area contributed by atoms with Crippen LogP contribution in [0.5, 0.6) is 0 Å². The maximum absolute atomic E-state index is 3.46. The second-order valence-electron chi connectivity index (χ2n) is 4.26. The van der Waals surface area contributed by atoms with Crippen molar-refractivity contribution in [2.45, 2.75) is 6.92 Å². The molecular formula is C16H14N+. The molecular weight excluding hydrogens is 206 g/mol. The van der Waals surface area contributed by atoms with Gasteiger partial charge >= 0.3 is 0 Å². The molecule has 3 rings (SSSR count). The molecule has 3 aromatic rings. The second kappa shape index (κ2) is 4.02. The maximum atomic E-state index is 3.46. The van der Waals surface area contributed by atoms with Gasteiger partial charge in [0.1, 0.15) is 0 Å². The van der Waals surface area contributed by atoms with Crippen LogP contribution >= 0.6 is 0 Å². The SMILES string of the molecule is Cc1[nH+]c2ccccc2cc1-c1ccccc1. The fourth-order valence-corrected chi connectivity index (χ4v) is 2.19. The van der Waals surface area contributed by atoms with Gasteiger partial charge in [0.05, 0.1) is 0 Å². The van der Waals surface area contributed by atoms with Gasteiger partial charge in [0.15, 0.2) is 5.69 Å². The number of hydrogen-bond donors (Lipinski definition) is 0. The fraction of sp³-hybridized carbons (Fsp3) is 0.0625. The van der Waals surface area contributed by atoms with Gasteiger partial charge in [-0.1, -0.05) is 42.5 Å². The van der Waals surface area contributed by atoms with Crippen LogP contribution in [0.3, 0.4) is 0 Å². The molecule has 1 nitrogen and oxygen atoms in total. The molecule has 0 spiro atoms. The maximum Gasteiger partial charge on any atom is 0.211 e. The van der Waals surface area contributed by atoms with E-state index >= 15 is 0 Å². The molecule has 0 amide bonds.